The van der Waals surface area contributed by atoms with E-state index in [1.165, 1.54) is 4.31 Å². The molecule has 2 atom stereocenters. The molecule has 1 aromatic carbocycles. The van der Waals surface area contributed by atoms with Crippen LogP contribution in [0.1, 0.15) is 10.5 Å². The number of rotatable bonds is 3. The molecule has 2 aliphatic heterocycles. The van der Waals surface area contributed by atoms with Crippen LogP contribution in [0.4, 0.5) is 0 Å². The average Bonchev–Trinajstić information content (AvgIpc) is 3.13. The Kier molecular flexibility index (Phi) is 3.47. The Morgan fingerprint density at radius 3 is 2.58 bits per heavy atom. The lowest BCUT2D eigenvalue weighted by molar-refractivity contribution is 0.0322. The number of nitrogens with zero attached hydrogens (tertiary/aromatic N) is 4. The zero-order chi connectivity index (χ0) is 16.9. The first-order valence-electron chi connectivity index (χ1n) is 7.81. The van der Waals surface area contributed by atoms with E-state index < -0.39 is 10.0 Å². The van der Waals surface area contributed by atoms with Gasteiger partial charge in [0.1, 0.15) is 5.69 Å². The minimum atomic E-state index is -3.50. The van der Waals surface area contributed by atoms with Gasteiger partial charge in [0.2, 0.25) is 10.0 Å². The van der Waals surface area contributed by atoms with Crippen molar-refractivity contribution in [2.75, 3.05) is 19.6 Å². The lowest BCUT2D eigenvalue weighted by atomic mass is 9.92. The van der Waals surface area contributed by atoms with E-state index in [4.69, 9.17) is 0 Å². The first-order chi connectivity index (χ1) is 11.5. The van der Waals surface area contributed by atoms with E-state index in [1.807, 2.05) is 7.05 Å². The van der Waals surface area contributed by atoms with Gasteiger partial charge in [0.15, 0.2) is 0 Å². The fraction of sp³-hybridized carbons (Fsp3) is 0.375. The third-order valence-corrected chi connectivity index (χ3v) is 6.62. The highest BCUT2D eigenvalue weighted by molar-refractivity contribution is 7.89. The highest BCUT2D eigenvalue weighted by Gasteiger charge is 2.51. The van der Waals surface area contributed by atoms with Crippen LogP contribution in [-0.4, -0.2) is 58.8 Å². The summed E-state index contributed by atoms with van der Waals surface area (Å²) in [4.78, 5) is 18.6. The second kappa shape index (κ2) is 5.42. The Balaban J connectivity index is 1.50. The number of carbonyl (C=O) groups is 1. The highest BCUT2D eigenvalue weighted by atomic mass is 32.2. The zero-order valence-electron chi connectivity index (χ0n) is 13.2. The predicted octanol–water partition coefficient (Wildman–Crippen LogP) is 0.565. The summed E-state index contributed by atoms with van der Waals surface area (Å²) in [5, 5.41) is 0. The lowest BCUT2D eigenvalue weighted by Gasteiger charge is -2.43. The molecular formula is C16H18N4O3S. The third-order valence-electron chi connectivity index (χ3n) is 4.77. The molecule has 24 heavy (non-hydrogen) atoms. The second-order valence-electron chi connectivity index (χ2n) is 6.34. The molecule has 7 nitrogen and oxygen atoms in total. The molecular weight excluding hydrogens is 328 g/mol. The third kappa shape index (κ3) is 2.33. The van der Waals surface area contributed by atoms with Crippen molar-refractivity contribution in [3.8, 4) is 0 Å². The van der Waals surface area contributed by atoms with E-state index >= 15 is 0 Å². The molecule has 2 aliphatic rings. The van der Waals surface area contributed by atoms with Crippen molar-refractivity contribution in [3.63, 3.8) is 0 Å². The van der Waals surface area contributed by atoms with Crippen LogP contribution in [0.25, 0.3) is 0 Å². The van der Waals surface area contributed by atoms with Gasteiger partial charge in [-0.2, -0.15) is 4.31 Å². The zero-order valence-corrected chi connectivity index (χ0v) is 14.1. The lowest BCUT2D eigenvalue weighted by Crippen LogP contribution is -2.58. The quantitative estimate of drug-likeness (QED) is 0.814. The Hall–Kier alpha value is -2.19. The number of sulfonamides is 1. The van der Waals surface area contributed by atoms with Crippen molar-refractivity contribution in [3.05, 3.63) is 48.5 Å². The van der Waals surface area contributed by atoms with Crippen LogP contribution in [0.5, 0.6) is 0 Å². The Morgan fingerprint density at radius 1 is 1.17 bits per heavy atom. The maximum Gasteiger partial charge on any atom is 0.274 e. The number of likely N-dealkylation sites (tertiary alicyclic amines) is 1. The first-order valence-corrected chi connectivity index (χ1v) is 9.25. The molecule has 0 radical (unpaired) electrons. The van der Waals surface area contributed by atoms with Gasteiger partial charge < -0.3 is 9.47 Å². The number of benzene rings is 1. The van der Waals surface area contributed by atoms with E-state index in [0.717, 1.165) is 0 Å². The number of hydrogen-bond donors (Lipinski definition) is 0. The van der Waals surface area contributed by atoms with Crippen LogP contribution < -0.4 is 0 Å². The van der Waals surface area contributed by atoms with Crippen LogP contribution in [0.2, 0.25) is 0 Å². The van der Waals surface area contributed by atoms with Gasteiger partial charge in [0.05, 0.1) is 17.3 Å². The molecule has 126 valence electrons. The summed E-state index contributed by atoms with van der Waals surface area (Å²) < 4.78 is 28.6. The fourth-order valence-corrected chi connectivity index (χ4v) is 4.98. The fourth-order valence-electron chi connectivity index (χ4n) is 3.44. The van der Waals surface area contributed by atoms with E-state index in [0.29, 0.717) is 30.2 Å². The van der Waals surface area contributed by atoms with E-state index in [9.17, 15) is 13.2 Å². The maximum atomic E-state index is 12.7. The van der Waals surface area contributed by atoms with Gasteiger partial charge in [-0.05, 0) is 12.1 Å². The van der Waals surface area contributed by atoms with E-state index in [-0.39, 0.29) is 17.9 Å². The van der Waals surface area contributed by atoms with Crippen molar-refractivity contribution < 1.29 is 13.2 Å². The number of aromatic nitrogens is 2. The van der Waals surface area contributed by atoms with Crippen LogP contribution in [-0.2, 0) is 17.1 Å². The topological polar surface area (TPSA) is 75.5 Å². The molecule has 4 rings (SSSR count). The minimum Gasteiger partial charge on any atom is -0.340 e. The number of imidazole rings is 1. The smallest absolute Gasteiger partial charge is 0.274 e. The molecule has 0 unspecified atom stereocenters. The molecule has 0 aliphatic carbocycles. The van der Waals surface area contributed by atoms with Crippen LogP contribution in [0.15, 0.2) is 47.8 Å². The molecule has 1 amide bonds. The van der Waals surface area contributed by atoms with Crippen LogP contribution >= 0.6 is 0 Å². The molecule has 0 saturated carbocycles. The molecule has 2 saturated heterocycles. The van der Waals surface area contributed by atoms with Gasteiger partial charge in [-0.1, -0.05) is 18.2 Å². The van der Waals surface area contributed by atoms with Crippen molar-refractivity contribution in [1.29, 1.82) is 0 Å². The average molecular weight is 346 g/mol. The molecule has 0 spiro atoms. The SMILES string of the molecule is Cn1cnc(C(=O)N2C[C@@H]3CN(S(=O)(=O)c4ccccc4)C[C@@H]32)c1. The van der Waals surface area contributed by atoms with Gasteiger partial charge in [0, 0.05) is 38.8 Å². The van der Waals surface area contributed by atoms with Crippen molar-refractivity contribution in [2.24, 2.45) is 13.0 Å². The monoisotopic (exact) mass is 346 g/mol. The van der Waals surface area contributed by atoms with Crippen molar-refractivity contribution in [2.45, 2.75) is 10.9 Å². The number of hydrogen-bond acceptors (Lipinski definition) is 4. The van der Waals surface area contributed by atoms with Crippen molar-refractivity contribution in [1.82, 2.24) is 18.8 Å². The Morgan fingerprint density at radius 2 is 1.92 bits per heavy atom. The molecule has 1 aromatic heterocycles. The predicted molar refractivity (Wildman–Crippen MR) is 86.7 cm³/mol. The standard InChI is InChI=1S/C16H18N4O3S/c1-18-9-14(17-11-18)16(21)20-8-12-7-19(10-15(12)20)24(22,23)13-5-3-2-4-6-13/h2-6,9,11-12,15H,7-8,10H2,1H3/t12-,15-/m0/s1. The van der Waals surface area contributed by atoms with E-state index in [1.54, 1.807) is 52.3 Å². The first kappa shape index (κ1) is 15.3. The highest BCUT2D eigenvalue weighted by Crippen LogP contribution is 2.35. The molecule has 0 N–H and O–H groups in total. The number of fused-ring (bicyclic) bond motifs is 1. The largest absolute Gasteiger partial charge is 0.340 e. The Labute approximate surface area is 140 Å². The normalized spacial score (nSPS) is 23.8. The van der Waals surface area contributed by atoms with Gasteiger partial charge in [-0.3, -0.25) is 4.79 Å². The number of carbonyl (C=O) groups excluding carboxylic acids is 1. The summed E-state index contributed by atoms with van der Waals surface area (Å²) in [6, 6.07) is 8.37. The summed E-state index contributed by atoms with van der Waals surface area (Å²) in [5.74, 6) is 0.0759. The number of aryl methyl sites for hydroxylation is 1. The minimum absolute atomic E-state index is 0.0574. The molecule has 2 fully saturated rings. The second-order valence-corrected chi connectivity index (χ2v) is 8.28. The van der Waals surface area contributed by atoms with Gasteiger partial charge in [-0.15, -0.1) is 0 Å². The summed E-state index contributed by atoms with van der Waals surface area (Å²) in [6.45, 7) is 1.40. The number of amides is 1. The van der Waals surface area contributed by atoms with Gasteiger partial charge in [-0.25, -0.2) is 13.4 Å². The molecule has 2 aromatic rings. The summed E-state index contributed by atoms with van der Waals surface area (Å²) in [5.41, 5.74) is 0.403. The summed E-state index contributed by atoms with van der Waals surface area (Å²) in [7, 11) is -1.69. The van der Waals surface area contributed by atoms with Gasteiger partial charge in [0.25, 0.3) is 5.91 Å². The molecule has 0 bridgehead atoms. The van der Waals surface area contributed by atoms with Crippen molar-refractivity contribution >= 4 is 15.9 Å². The van der Waals surface area contributed by atoms with E-state index in [2.05, 4.69) is 4.98 Å². The summed E-state index contributed by atoms with van der Waals surface area (Å²) in [6.07, 6.45) is 3.27. The molecule has 8 heteroatoms. The summed E-state index contributed by atoms with van der Waals surface area (Å²) >= 11 is 0. The van der Waals surface area contributed by atoms with Crippen LogP contribution in [0, 0.1) is 5.92 Å². The Bertz CT molecular complexity index is 878. The van der Waals surface area contributed by atoms with Crippen LogP contribution in [0.3, 0.4) is 0 Å². The van der Waals surface area contributed by atoms with Gasteiger partial charge >= 0.3 is 0 Å². The maximum absolute atomic E-state index is 12.7. The molecule has 3 heterocycles.